The smallest absolute Gasteiger partial charge is 0.110 e. The molecule has 2 radical (unpaired) electrons. The first-order chi connectivity index (χ1) is 8.41. The molecule has 0 aromatic carbocycles. The summed E-state index contributed by atoms with van der Waals surface area (Å²) in [6, 6.07) is 0. The number of hydrogen-bond donors (Lipinski definition) is 0. The minimum atomic E-state index is -1.05. The van der Waals surface area contributed by atoms with Gasteiger partial charge < -0.3 is 9.64 Å². The highest BCUT2D eigenvalue weighted by molar-refractivity contribution is 6.12. The van der Waals surface area contributed by atoms with Crippen molar-refractivity contribution in [1.82, 2.24) is 4.90 Å². The van der Waals surface area contributed by atoms with Crippen LogP contribution in [-0.4, -0.2) is 52.3 Å². The normalized spacial score (nSPS) is 16.7. The van der Waals surface area contributed by atoms with Crippen molar-refractivity contribution in [1.29, 1.82) is 0 Å². The van der Waals surface area contributed by atoms with Crippen LogP contribution in [0.5, 0.6) is 0 Å². The molecule has 0 aromatic heterocycles. The van der Waals surface area contributed by atoms with E-state index in [9.17, 15) is 4.39 Å². The van der Waals surface area contributed by atoms with Crippen LogP contribution < -0.4 is 0 Å². The van der Waals surface area contributed by atoms with Crippen LogP contribution in [0.2, 0.25) is 5.82 Å². The maximum absolute atomic E-state index is 14.0. The second-order valence-electron chi connectivity index (χ2n) is 8.01. The van der Waals surface area contributed by atoms with E-state index in [2.05, 4.69) is 41.5 Å². The van der Waals surface area contributed by atoms with E-state index in [-0.39, 0.29) is 17.4 Å². The van der Waals surface area contributed by atoms with Crippen molar-refractivity contribution in [2.75, 3.05) is 33.4 Å². The Labute approximate surface area is 120 Å². The van der Waals surface area contributed by atoms with Gasteiger partial charge in [0.2, 0.25) is 0 Å². The molecule has 112 valence electrons. The first-order valence-electron chi connectivity index (χ1n) is 7.07. The predicted octanol–water partition coefficient (Wildman–Crippen LogP) is 3.32. The van der Waals surface area contributed by atoms with Gasteiger partial charge in [0.25, 0.3) is 0 Å². The SMILES string of the molecule is [B]C(COCC(C)(C)C)C(F)CN(C)CC(C)(C)C. The molecule has 19 heavy (non-hydrogen) atoms. The number of halogens is 1. The van der Waals surface area contributed by atoms with Gasteiger partial charge in [0.05, 0.1) is 14.5 Å². The molecule has 0 aromatic rings. The molecule has 0 rings (SSSR count). The lowest BCUT2D eigenvalue weighted by molar-refractivity contribution is 0.0537. The molecule has 0 heterocycles. The molecule has 0 fully saturated rings. The molecule has 0 aliphatic rings. The van der Waals surface area contributed by atoms with Crippen LogP contribution in [0, 0.1) is 10.8 Å². The van der Waals surface area contributed by atoms with Crippen molar-refractivity contribution in [3.63, 3.8) is 0 Å². The standard InChI is InChI=1S/C15H31BFNO/c1-14(2,3)10-18(7)8-13(17)12(16)9-19-11-15(4,5)6/h12-13H,8-11H2,1-7H3. The highest BCUT2D eigenvalue weighted by Crippen LogP contribution is 2.19. The molecule has 0 aliphatic carbocycles. The summed E-state index contributed by atoms with van der Waals surface area (Å²) in [5.74, 6) is -0.551. The van der Waals surface area contributed by atoms with Crippen LogP contribution in [0.3, 0.4) is 0 Å². The summed E-state index contributed by atoms with van der Waals surface area (Å²) in [6.45, 7) is 14.8. The molecule has 2 nitrogen and oxygen atoms in total. The van der Waals surface area contributed by atoms with E-state index in [0.29, 0.717) is 13.2 Å². The summed E-state index contributed by atoms with van der Waals surface area (Å²) in [5.41, 5.74) is 0.260. The van der Waals surface area contributed by atoms with E-state index in [0.717, 1.165) is 6.54 Å². The zero-order chi connectivity index (χ0) is 15.3. The summed E-state index contributed by atoms with van der Waals surface area (Å²) in [7, 11) is 7.76. The van der Waals surface area contributed by atoms with E-state index < -0.39 is 12.0 Å². The third-order valence-electron chi connectivity index (χ3n) is 2.54. The Morgan fingerprint density at radius 1 is 1.11 bits per heavy atom. The molecular weight excluding hydrogens is 240 g/mol. The van der Waals surface area contributed by atoms with Crippen molar-refractivity contribution in [2.24, 2.45) is 10.8 Å². The molecule has 0 spiro atoms. The minimum absolute atomic E-state index is 0.0918. The Hall–Kier alpha value is -0.0851. The Balaban J connectivity index is 3.96. The third-order valence-corrected chi connectivity index (χ3v) is 2.54. The highest BCUT2D eigenvalue weighted by atomic mass is 19.1. The summed E-state index contributed by atoms with van der Waals surface area (Å²) < 4.78 is 19.5. The van der Waals surface area contributed by atoms with Crippen LogP contribution in [0.1, 0.15) is 41.5 Å². The van der Waals surface area contributed by atoms with E-state index in [4.69, 9.17) is 12.6 Å². The Kier molecular flexibility index (Phi) is 7.60. The highest BCUT2D eigenvalue weighted by Gasteiger charge is 2.21. The number of ether oxygens (including phenoxy) is 1. The molecule has 0 bridgehead atoms. The molecule has 0 aliphatic heterocycles. The summed E-state index contributed by atoms with van der Waals surface area (Å²) in [4.78, 5) is 1.99. The Bertz CT molecular complexity index is 248. The molecule has 2 unspecified atom stereocenters. The lowest BCUT2D eigenvalue weighted by Gasteiger charge is -2.29. The first-order valence-corrected chi connectivity index (χ1v) is 7.07. The molecule has 2 atom stereocenters. The predicted molar refractivity (Wildman–Crippen MR) is 81.6 cm³/mol. The van der Waals surface area contributed by atoms with Crippen LogP contribution in [0.15, 0.2) is 0 Å². The van der Waals surface area contributed by atoms with Crippen molar-refractivity contribution >= 4 is 7.85 Å². The van der Waals surface area contributed by atoms with Crippen LogP contribution in [-0.2, 0) is 4.74 Å². The van der Waals surface area contributed by atoms with Crippen molar-refractivity contribution in [2.45, 2.75) is 53.5 Å². The zero-order valence-corrected chi connectivity index (χ0v) is 13.8. The maximum atomic E-state index is 14.0. The zero-order valence-electron chi connectivity index (χ0n) is 13.8. The third kappa shape index (κ3) is 11.4. The van der Waals surface area contributed by atoms with Gasteiger partial charge in [0.15, 0.2) is 0 Å². The topological polar surface area (TPSA) is 12.5 Å². The van der Waals surface area contributed by atoms with Crippen LogP contribution in [0.25, 0.3) is 0 Å². The van der Waals surface area contributed by atoms with E-state index in [1.165, 1.54) is 0 Å². The fourth-order valence-corrected chi connectivity index (χ4v) is 1.91. The van der Waals surface area contributed by atoms with E-state index in [1.807, 2.05) is 11.9 Å². The summed E-state index contributed by atoms with van der Waals surface area (Å²) in [6.07, 6.45) is -1.05. The molecule has 0 saturated carbocycles. The van der Waals surface area contributed by atoms with Crippen molar-refractivity contribution in [3.8, 4) is 0 Å². The van der Waals surface area contributed by atoms with E-state index in [1.54, 1.807) is 0 Å². The fraction of sp³-hybridized carbons (Fsp3) is 1.00. The second-order valence-corrected chi connectivity index (χ2v) is 8.01. The Morgan fingerprint density at radius 3 is 2.05 bits per heavy atom. The van der Waals surface area contributed by atoms with Crippen molar-refractivity contribution < 1.29 is 9.13 Å². The van der Waals surface area contributed by atoms with Gasteiger partial charge in [-0.15, -0.1) is 0 Å². The van der Waals surface area contributed by atoms with Gasteiger partial charge in [-0.1, -0.05) is 41.5 Å². The van der Waals surface area contributed by atoms with E-state index >= 15 is 0 Å². The van der Waals surface area contributed by atoms with Crippen LogP contribution in [0.4, 0.5) is 4.39 Å². The van der Waals surface area contributed by atoms with Gasteiger partial charge in [0.1, 0.15) is 6.17 Å². The van der Waals surface area contributed by atoms with Gasteiger partial charge in [0, 0.05) is 19.7 Å². The second kappa shape index (κ2) is 7.63. The largest absolute Gasteiger partial charge is 0.381 e. The average molecular weight is 271 g/mol. The van der Waals surface area contributed by atoms with Gasteiger partial charge in [-0.05, 0) is 23.7 Å². The number of nitrogens with zero attached hydrogens (tertiary/aromatic N) is 1. The first kappa shape index (κ1) is 18.9. The minimum Gasteiger partial charge on any atom is -0.381 e. The summed E-state index contributed by atoms with van der Waals surface area (Å²) in [5, 5.41) is 0. The number of hydrogen-bond acceptors (Lipinski definition) is 2. The lowest BCUT2D eigenvalue weighted by Crippen LogP contribution is -2.36. The molecule has 0 N–H and O–H groups in total. The number of alkyl halides is 1. The van der Waals surface area contributed by atoms with Gasteiger partial charge >= 0.3 is 0 Å². The van der Waals surface area contributed by atoms with Gasteiger partial charge in [-0.2, -0.15) is 0 Å². The maximum Gasteiger partial charge on any atom is 0.110 e. The van der Waals surface area contributed by atoms with Gasteiger partial charge in [-0.3, -0.25) is 0 Å². The molecular formula is C15H31BFNO. The molecule has 0 saturated heterocycles. The fourth-order valence-electron chi connectivity index (χ4n) is 1.91. The van der Waals surface area contributed by atoms with Gasteiger partial charge in [-0.25, -0.2) is 4.39 Å². The Morgan fingerprint density at radius 2 is 1.63 bits per heavy atom. The molecule has 4 heteroatoms. The quantitative estimate of drug-likeness (QED) is 0.659. The summed E-state index contributed by atoms with van der Waals surface area (Å²) >= 11 is 0. The lowest BCUT2D eigenvalue weighted by atomic mass is 9.83. The number of rotatable bonds is 7. The van der Waals surface area contributed by atoms with Crippen LogP contribution >= 0.6 is 0 Å². The average Bonchev–Trinajstić information content (AvgIpc) is 2.11. The van der Waals surface area contributed by atoms with Crippen molar-refractivity contribution in [3.05, 3.63) is 0 Å². The molecule has 0 amide bonds. The monoisotopic (exact) mass is 271 g/mol.